The molecule has 0 radical (unpaired) electrons. The summed E-state index contributed by atoms with van der Waals surface area (Å²) in [6, 6.07) is 9.48. The van der Waals surface area contributed by atoms with E-state index in [4.69, 9.17) is 4.99 Å². The van der Waals surface area contributed by atoms with E-state index in [1.165, 1.54) is 0 Å². The lowest BCUT2D eigenvalue weighted by Crippen LogP contribution is -2.52. The van der Waals surface area contributed by atoms with Gasteiger partial charge in [0.15, 0.2) is 5.96 Å². The molecule has 2 aromatic rings. The number of phenolic OH excluding ortho intramolecular Hbond substituents is 1. The molecule has 148 valence electrons. The Hall–Kier alpha value is -1.97. The number of anilines is 1. The molecule has 1 fully saturated rings. The fourth-order valence-corrected chi connectivity index (χ4v) is 3.17. The van der Waals surface area contributed by atoms with Crippen LogP contribution in [0, 0.1) is 0 Å². The zero-order chi connectivity index (χ0) is 18.2. The van der Waals surface area contributed by atoms with E-state index in [0.29, 0.717) is 5.75 Å². The first-order valence-electron chi connectivity index (χ1n) is 9.31. The number of aromatic hydroxyl groups is 1. The van der Waals surface area contributed by atoms with Gasteiger partial charge in [0.1, 0.15) is 5.75 Å². The average molecular weight is 484 g/mol. The van der Waals surface area contributed by atoms with Crippen molar-refractivity contribution in [1.29, 1.82) is 0 Å². The third-order valence-electron chi connectivity index (χ3n) is 4.50. The van der Waals surface area contributed by atoms with Crippen molar-refractivity contribution in [2.45, 2.75) is 19.9 Å². The summed E-state index contributed by atoms with van der Waals surface area (Å²) < 4.78 is 1.94. The maximum atomic E-state index is 10.0. The van der Waals surface area contributed by atoms with Crippen LogP contribution in [0.5, 0.6) is 5.75 Å². The number of phenols is 1. The molecule has 27 heavy (non-hydrogen) atoms. The van der Waals surface area contributed by atoms with Crippen molar-refractivity contribution in [2.24, 2.45) is 4.99 Å². The molecule has 0 atom stereocenters. The van der Waals surface area contributed by atoms with Crippen molar-refractivity contribution < 1.29 is 5.11 Å². The van der Waals surface area contributed by atoms with Crippen LogP contribution in [0.1, 0.15) is 13.3 Å². The highest BCUT2D eigenvalue weighted by Crippen LogP contribution is 2.27. The van der Waals surface area contributed by atoms with Crippen molar-refractivity contribution in [3.8, 4) is 5.75 Å². The Balaban J connectivity index is 0.00000261. The highest BCUT2D eigenvalue weighted by atomic mass is 127. The van der Waals surface area contributed by atoms with Gasteiger partial charge < -0.3 is 20.2 Å². The van der Waals surface area contributed by atoms with E-state index in [9.17, 15) is 5.11 Å². The lowest BCUT2D eigenvalue weighted by molar-refractivity contribution is 0.369. The van der Waals surface area contributed by atoms with Crippen molar-refractivity contribution in [2.75, 3.05) is 44.2 Å². The molecule has 1 aromatic carbocycles. The van der Waals surface area contributed by atoms with E-state index < -0.39 is 0 Å². The second-order valence-corrected chi connectivity index (χ2v) is 6.32. The average Bonchev–Trinajstić information content (AvgIpc) is 3.18. The molecule has 2 N–H and O–H groups in total. The van der Waals surface area contributed by atoms with Gasteiger partial charge in [-0.2, -0.15) is 5.10 Å². The van der Waals surface area contributed by atoms with E-state index in [0.717, 1.165) is 63.9 Å². The van der Waals surface area contributed by atoms with Crippen molar-refractivity contribution >= 4 is 35.6 Å². The monoisotopic (exact) mass is 484 g/mol. The number of nitrogens with zero attached hydrogens (tertiary/aromatic N) is 5. The molecule has 3 rings (SSSR count). The van der Waals surface area contributed by atoms with Gasteiger partial charge in [-0.3, -0.25) is 9.67 Å². The predicted octanol–water partition coefficient (Wildman–Crippen LogP) is 2.38. The molecule has 1 saturated heterocycles. The summed E-state index contributed by atoms with van der Waals surface area (Å²) in [7, 11) is 0. The number of benzene rings is 1. The van der Waals surface area contributed by atoms with Gasteiger partial charge in [-0.05, 0) is 31.5 Å². The van der Waals surface area contributed by atoms with Crippen LogP contribution >= 0.6 is 24.0 Å². The highest BCUT2D eigenvalue weighted by molar-refractivity contribution is 14.0. The fraction of sp³-hybridized carbons (Fsp3) is 0.474. The third kappa shape index (κ3) is 6.02. The molecule has 0 unspecified atom stereocenters. The molecule has 0 saturated carbocycles. The van der Waals surface area contributed by atoms with Crippen molar-refractivity contribution in [3.63, 3.8) is 0 Å². The summed E-state index contributed by atoms with van der Waals surface area (Å²) in [5.41, 5.74) is 0.910. The second-order valence-electron chi connectivity index (χ2n) is 6.32. The van der Waals surface area contributed by atoms with Crippen molar-refractivity contribution in [1.82, 2.24) is 20.0 Å². The minimum Gasteiger partial charge on any atom is -0.506 e. The highest BCUT2D eigenvalue weighted by Gasteiger charge is 2.21. The van der Waals surface area contributed by atoms with Gasteiger partial charge in [-0.1, -0.05) is 12.1 Å². The number of hydrogen-bond acceptors (Lipinski definition) is 4. The number of halogens is 1. The second kappa shape index (κ2) is 11.0. The van der Waals surface area contributed by atoms with Crippen LogP contribution in [0.4, 0.5) is 5.69 Å². The lowest BCUT2D eigenvalue weighted by Gasteiger charge is -2.37. The van der Waals surface area contributed by atoms with Crippen LogP contribution in [-0.4, -0.2) is 65.0 Å². The van der Waals surface area contributed by atoms with E-state index in [2.05, 4.69) is 27.1 Å². The van der Waals surface area contributed by atoms with Gasteiger partial charge in [0.25, 0.3) is 0 Å². The Labute approximate surface area is 178 Å². The van der Waals surface area contributed by atoms with Crippen LogP contribution in [0.2, 0.25) is 0 Å². The van der Waals surface area contributed by atoms with Crippen molar-refractivity contribution in [3.05, 3.63) is 42.7 Å². The summed E-state index contributed by atoms with van der Waals surface area (Å²) in [5, 5.41) is 17.7. The first-order valence-corrected chi connectivity index (χ1v) is 9.31. The fourth-order valence-electron chi connectivity index (χ4n) is 3.17. The molecule has 2 heterocycles. The Morgan fingerprint density at radius 1 is 1.19 bits per heavy atom. The summed E-state index contributed by atoms with van der Waals surface area (Å²) >= 11 is 0. The van der Waals surface area contributed by atoms with Gasteiger partial charge in [0.05, 0.1) is 5.69 Å². The summed E-state index contributed by atoms with van der Waals surface area (Å²) in [6.07, 6.45) is 4.75. The Morgan fingerprint density at radius 2 is 1.96 bits per heavy atom. The number of rotatable bonds is 6. The zero-order valence-corrected chi connectivity index (χ0v) is 18.1. The zero-order valence-electron chi connectivity index (χ0n) is 15.8. The number of hydrogen-bond donors (Lipinski definition) is 2. The Kier molecular flexibility index (Phi) is 8.70. The van der Waals surface area contributed by atoms with E-state index in [1.54, 1.807) is 12.3 Å². The summed E-state index contributed by atoms with van der Waals surface area (Å²) in [4.78, 5) is 9.30. The van der Waals surface area contributed by atoms with E-state index in [1.807, 2.05) is 35.1 Å². The first-order chi connectivity index (χ1) is 12.8. The van der Waals surface area contributed by atoms with Gasteiger partial charge in [0.2, 0.25) is 0 Å². The summed E-state index contributed by atoms with van der Waals surface area (Å²) in [6.45, 7) is 8.14. The third-order valence-corrected chi connectivity index (χ3v) is 4.50. The molecule has 0 spiro atoms. The van der Waals surface area contributed by atoms with E-state index in [-0.39, 0.29) is 24.0 Å². The molecule has 8 heteroatoms. The molecule has 0 aliphatic carbocycles. The maximum Gasteiger partial charge on any atom is 0.194 e. The summed E-state index contributed by atoms with van der Waals surface area (Å²) in [5.74, 6) is 1.32. The molecule has 7 nitrogen and oxygen atoms in total. The molecular formula is C19H29IN6O. The molecule has 1 aromatic heterocycles. The number of nitrogens with one attached hydrogen (secondary N) is 1. The first kappa shape index (κ1) is 21.3. The SMILES string of the molecule is CCNC(=NCCCn1cccn1)N1CCN(c2ccccc2O)CC1.I. The molecule has 0 bridgehead atoms. The van der Waals surface area contributed by atoms with Gasteiger partial charge >= 0.3 is 0 Å². The molecule has 1 aliphatic rings. The number of aliphatic imine (C=N–C) groups is 1. The number of piperazine rings is 1. The van der Waals surface area contributed by atoms with Crippen LogP contribution in [-0.2, 0) is 6.54 Å². The molecule has 1 aliphatic heterocycles. The smallest absolute Gasteiger partial charge is 0.194 e. The number of aromatic nitrogens is 2. The lowest BCUT2D eigenvalue weighted by atomic mass is 10.2. The van der Waals surface area contributed by atoms with Gasteiger partial charge in [-0.15, -0.1) is 24.0 Å². The Morgan fingerprint density at radius 3 is 2.63 bits per heavy atom. The topological polar surface area (TPSA) is 68.9 Å². The standard InChI is InChI=1S/C19H28N6O.HI/c1-2-20-19(21-9-5-11-25-12-6-10-22-25)24-15-13-23(14-16-24)17-7-3-4-8-18(17)26;/h3-4,6-8,10,12,26H,2,5,9,11,13-16H2,1H3,(H,20,21);1H. The van der Waals surface area contributed by atoms with Gasteiger partial charge in [0, 0.05) is 58.2 Å². The number of para-hydroxylation sites is 2. The van der Waals surface area contributed by atoms with Crippen LogP contribution < -0.4 is 10.2 Å². The largest absolute Gasteiger partial charge is 0.506 e. The molecule has 0 amide bonds. The number of guanidine groups is 1. The molecular weight excluding hydrogens is 455 g/mol. The minimum absolute atomic E-state index is 0. The van der Waals surface area contributed by atoms with Crippen LogP contribution in [0.15, 0.2) is 47.7 Å². The Bertz CT molecular complexity index is 698. The van der Waals surface area contributed by atoms with Gasteiger partial charge in [-0.25, -0.2) is 0 Å². The van der Waals surface area contributed by atoms with Crippen LogP contribution in [0.25, 0.3) is 0 Å². The maximum absolute atomic E-state index is 10.0. The predicted molar refractivity (Wildman–Crippen MR) is 120 cm³/mol. The minimum atomic E-state index is 0. The quantitative estimate of drug-likeness (QED) is 0.285. The van der Waals surface area contributed by atoms with E-state index >= 15 is 0 Å². The normalized spacial score (nSPS) is 14.8. The number of aryl methyl sites for hydroxylation is 1. The van der Waals surface area contributed by atoms with Crippen LogP contribution in [0.3, 0.4) is 0 Å².